The predicted molar refractivity (Wildman–Crippen MR) is 113 cm³/mol. The van der Waals surface area contributed by atoms with Crippen LogP contribution in [-0.2, 0) is 54.1 Å². The van der Waals surface area contributed by atoms with Crippen molar-refractivity contribution in [1.29, 1.82) is 0 Å². The molecule has 0 spiro atoms. The maximum Gasteiger partial charge on any atom is 0.339 e. The fourth-order valence-corrected chi connectivity index (χ4v) is 3.85. The van der Waals surface area contributed by atoms with E-state index >= 15 is 0 Å². The molecule has 0 saturated carbocycles. The summed E-state index contributed by atoms with van der Waals surface area (Å²) >= 11 is 0. The molecule has 0 aliphatic heterocycles. The lowest BCUT2D eigenvalue weighted by molar-refractivity contribution is -0.154. The zero-order chi connectivity index (χ0) is 25.6. The van der Waals surface area contributed by atoms with Gasteiger partial charge in [-0.2, -0.15) is 0 Å². The van der Waals surface area contributed by atoms with Gasteiger partial charge in [0.1, 0.15) is 11.2 Å². The van der Waals surface area contributed by atoms with E-state index in [0.717, 1.165) is 35.5 Å². The van der Waals surface area contributed by atoms with Gasteiger partial charge in [0, 0.05) is 0 Å². The molecule has 182 valence electrons. The molecule has 11 nitrogen and oxygen atoms in total. The summed E-state index contributed by atoms with van der Waals surface area (Å²) in [6, 6.07) is 6.31. The molecule has 0 aromatic heterocycles. The van der Waals surface area contributed by atoms with Crippen LogP contribution in [0.3, 0.4) is 0 Å². The quantitative estimate of drug-likeness (QED) is 0.387. The third-order valence-corrected chi connectivity index (χ3v) is 5.32. The van der Waals surface area contributed by atoms with E-state index in [9.17, 15) is 24.0 Å². The fraction of sp³-hybridized carbons (Fsp3) is 0.348. The predicted octanol–water partition coefficient (Wildman–Crippen LogP) is 0.696. The molecule has 0 N–H and O–H groups in total. The van der Waals surface area contributed by atoms with E-state index in [0.29, 0.717) is 11.3 Å². The molecule has 0 atom stereocenters. The Labute approximate surface area is 195 Å². The lowest BCUT2D eigenvalue weighted by Crippen LogP contribution is -2.43. The molecule has 0 radical (unpaired) electrons. The summed E-state index contributed by atoms with van der Waals surface area (Å²) in [5.74, 6) is -5.31. The molecular formula is C23H24O11. The normalized spacial score (nSPS) is 14.3. The van der Waals surface area contributed by atoms with Crippen LogP contribution in [0.1, 0.15) is 5.56 Å². The molecule has 0 amide bonds. The second-order valence-corrected chi connectivity index (χ2v) is 6.89. The summed E-state index contributed by atoms with van der Waals surface area (Å²) in [5, 5.41) is 0. The zero-order valence-electron chi connectivity index (χ0n) is 19.5. The highest BCUT2D eigenvalue weighted by molar-refractivity contribution is 6.23. The number of ether oxygens (including phenoxy) is 6. The van der Waals surface area contributed by atoms with Gasteiger partial charge in [0.2, 0.25) is 0 Å². The Morgan fingerprint density at radius 2 is 1.03 bits per heavy atom. The van der Waals surface area contributed by atoms with Crippen LogP contribution in [0.4, 0.5) is 0 Å². The number of carbonyl (C=O) groups is 5. The topological polar surface area (TPSA) is 141 Å². The number of hydrogen-bond acceptors (Lipinski definition) is 11. The SMILES string of the molecule is COC(=O)C1=C(C(=O)OC)C(Cc2ccc(OC)cc2)(C(=O)OC)C(C(=O)OC)=C1C(=O)OC. The molecule has 0 fully saturated rings. The molecule has 2 rings (SSSR count). The first-order valence-corrected chi connectivity index (χ1v) is 9.72. The maximum atomic E-state index is 13.4. The van der Waals surface area contributed by atoms with Crippen LogP contribution in [0.25, 0.3) is 0 Å². The average molecular weight is 476 g/mol. The summed E-state index contributed by atoms with van der Waals surface area (Å²) < 4.78 is 29.3. The fourth-order valence-electron chi connectivity index (χ4n) is 3.85. The van der Waals surface area contributed by atoms with Crippen molar-refractivity contribution in [2.75, 3.05) is 42.7 Å². The van der Waals surface area contributed by atoms with Gasteiger partial charge in [-0.1, -0.05) is 12.1 Å². The number of benzene rings is 1. The molecule has 1 aliphatic carbocycles. The van der Waals surface area contributed by atoms with Crippen molar-refractivity contribution in [3.8, 4) is 5.75 Å². The third-order valence-electron chi connectivity index (χ3n) is 5.32. The second kappa shape index (κ2) is 10.6. The molecule has 34 heavy (non-hydrogen) atoms. The van der Waals surface area contributed by atoms with Gasteiger partial charge in [-0.25, -0.2) is 19.2 Å². The number of hydrogen-bond donors (Lipinski definition) is 0. The molecule has 0 saturated heterocycles. The largest absolute Gasteiger partial charge is 0.497 e. The Morgan fingerprint density at radius 3 is 1.35 bits per heavy atom. The highest BCUT2D eigenvalue weighted by Gasteiger charge is 2.62. The van der Waals surface area contributed by atoms with Crippen LogP contribution in [0, 0.1) is 5.41 Å². The van der Waals surface area contributed by atoms with E-state index in [1.54, 1.807) is 24.3 Å². The Morgan fingerprint density at radius 1 is 0.618 bits per heavy atom. The Hall–Kier alpha value is -4.15. The van der Waals surface area contributed by atoms with Gasteiger partial charge in [0.15, 0.2) is 0 Å². The van der Waals surface area contributed by atoms with Crippen molar-refractivity contribution in [2.45, 2.75) is 6.42 Å². The number of rotatable bonds is 8. The first kappa shape index (κ1) is 26.1. The number of methoxy groups -OCH3 is 6. The Kier molecular flexibility index (Phi) is 8.17. The standard InChI is InChI=1S/C23H24O11/c1-29-13-9-7-12(8-10-13)11-23(22(28)34-6)16(20(26)32-4)14(18(24)30-2)15(19(25)31-3)17(23)21(27)33-5/h7-10H,11H2,1-6H3. The first-order chi connectivity index (χ1) is 16.2. The second-order valence-electron chi connectivity index (χ2n) is 6.89. The van der Waals surface area contributed by atoms with Crippen LogP contribution < -0.4 is 4.74 Å². The van der Waals surface area contributed by atoms with Gasteiger partial charge in [0.25, 0.3) is 0 Å². The van der Waals surface area contributed by atoms with Crippen LogP contribution in [0.15, 0.2) is 46.6 Å². The summed E-state index contributed by atoms with van der Waals surface area (Å²) in [5.41, 5.74) is -4.46. The average Bonchev–Trinajstić information content (AvgIpc) is 3.18. The summed E-state index contributed by atoms with van der Waals surface area (Å²) in [6.45, 7) is 0. The minimum Gasteiger partial charge on any atom is -0.497 e. The van der Waals surface area contributed by atoms with Crippen LogP contribution >= 0.6 is 0 Å². The van der Waals surface area contributed by atoms with Gasteiger partial charge in [-0.3, -0.25) is 4.79 Å². The zero-order valence-corrected chi connectivity index (χ0v) is 19.5. The Bertz CT molecular complexity index is 1020. The molecule has 0 heterocycles. The van der Waals surface area contributed by atoms with Crippen molar-refractivity contribution in [3.05, 3.63) is 52.1 Å². The third kappa shape index (κ3) is 4.24. The van der Waals surface area contributed by atoms with E-state index < -0.39 is 57.6 Å². The van der Waals surface area contributed by atoms with Gasteiger partial charge < -0.3 is 28.4 Å². The monoisotopic (exact) mass is 476 g/mol. The summed E-state index contributed by atoms with van der Waals surface area (Å²) in [4.78, 5) is 65.1. The summed E-state index contributed by atoms with van der Waals surface area (Å²) in [7, 11) is 6.50. The van der Waals surface area contributed by atoms with Gasteiger partial charge in [0.05, 0.1) is 65.0 Å². The maximum absolute atomic E-state index is 13.4. The molecule has 1 aromatic carbocycles. The summed E-state index contributed by atoms with van der Waals surface area (Å²) in [6.07, 6.45) is -0.389. The smallest absolute Gasteiger partial charge is 0.339 e. The van der Waals surface area contributed by atoms with Crippen LogP contribution in [0.2, 0.25) is 0 Å². The molecule has 11 heteroatoms. The first-order valence-electron chi connectivity index (χ1n) is 9.72. The highest BCUT2D eigenvalue weighted by atomic mass is 16.5. The van der Waals surface area contributed by atoms with Crippen LogP contribution in [-0.4, -0.2) is 72.5 Å². The van der Waals surface area contributed by atoms with Crippen molar-refractivity contribution in [3.63, 3.8) is 0 Å². The van der Waals surface area contributed by atoms with E-state index in [4.69, 9.17) is 28.4 Å². The van der Waals surface area contributed by atoms with Crippen LogP contribution in [0.5, 0.6) is 5.75 Å². The van der Waals surface area contributed by atoms with Crippen molar-refractivity contribution in [1.82, 2.24) is 0 Å². The van der Waals surface area contributed by atoms with Crippen molar-refractivity contribution >= 4 is 29.8 Å². The minimum absolute atomic E-state index is 0.389. The molecule has 1 aliphatic rings. The van der Waals surface area contributed by atoms with Crippen molar-refractivity contribution < 1.29 is 52.4 Å². The highest BCUT2D eigenvalue weighted by Crippen LogP contribution is 2.52. The minimum atomic E-state index is -2.31. The van der Waals surface area contributed by atoms with Crippen molar-refractivity contribution in [2.24, 2.45) is 5.41 Å². The van der Waals surface area contributed by atoms with Gasteiger partial charge in [-0.05, 0) is 24.1 Å². The van der Waals surface area contributed by atoms with E-state index in [1.807, 2.05) is 0 Å². The van der Waals surface area contributed by atoms with E-state index in [1.165, 1.54) is 7.11 Å². The van der Waals surface area contributed by atoms with Gasteiger partial charge >= 0.3 is 29.8 Å². The molecule has 0 unspecified atom stereocenters. The molecule has 0 bridgehead atoms. The lowest BCUT2D eigenvalue weighted by Gasteiger charge is -2.30. The number of esters is 5. The van der Waals surface area contributed by atoms with E-state index in [-0.39, 0.29) is 6.42 Å². The lowest BCUT2D eigenvalue weighted by atomic mass is 9.71. The number of carbonyl (C=O) groups excluding carboxylic acids is 5. The molecular weight excluding hydrogens is 452 g/mol. The molecule has 1 aromatic rings. The van der Waals surface area contributed by atoms with E-state index in [2.05, 4.69) is 0 Å². The van der Waals surface area contributed by atoms with Gasteiger partial charge in [-0.15, -0.1) is 0 Å². The Balaban J connectivity index is 3.09.